The van der Waals surface area contributed by atoms with Crippen molar-refractivity contribution in [3.8, 4) is 11.1 Å². The first-order valence-corrected chi connectivity index (χ1v) is 9.83. The van der Waals surface area contributed by atoms with E-state index < -0.39 is 0 Å². The molecule has 0 bridgehead atoms. The SMILES string of the molecule is CCc1cc2ccc(-c3ccc4cc(C(C)(C)C)ccc4c3)cc2s1. The minimum absolute atomic E-state index is 0.189. The van der Waals surface area contributed by atoms with Crippen LogP contribution in [0.4, 0.5) is 0 Å². The zero-order valence-corrected chi connectivity index (χ0v) is 16.2. The highest BCUT2D eigenvalue weighted by Gasteiger charge is 2.13. The Labute approximate surface area is 154 Å². The lowest BCUT2D eigenvalue weighted by Crippen LogP contribution is -2.10. The van der Waals surface area contributed by atoms with E-state index in [2.05, 4.69) is 88.4 Å². The summed E-state index contributed by atoms with van der Waals surface area (Å²) in [5.41, 5.74) is 4.18. The molecule has 1 heterocycles. The zero-order valence-electron chi connectivity index (χ0n) is 15.4. The van der Waals surface area contributed by atoms with Crippen molar-refractivity contribution in [3.63, 3.8) is 0 Å². The van der Waals surface area contributed by atoms with E-state index in [1.165, 1.54) is 42.4 Å². The van der Waals surface area contributed by atoms with Crippen molar-refractivity contribution in [3.05, 3.63) is 71.1 Å². The highest BCUT2D eigenvalue weighted by atomic mass is 32.1. The van der Waals surface area contributed by atoms with E-state index >= 15 is 0 Å². The van der Waals surface area contributed by atoms with Crippen LogP contribution in [-0.2, 0) is 11.8 Å². The largest absolute Gasteiger partial charge is 0.140 e. The van der Waals surface area contributed by atoms with Gasteiger partial charge in [0, 0.05) is 9.58 Å². The van der Waals surface area contributed by atoms with Crippen molar-refractivity contribution >= 4 is 32.2 Å². The highest BCUT2D eigenvalue weighted by Crippen LogP contribution is 2.33. The number of benzene rings is 3. The minimum Gasteiger partial charge on any atom is -0.140 e. The summed E-state index contributed by atoms with van der Waals surface area (Å²) < 4.78 is 1.39. The van der Waals surface area contributed by atoms with Crippen LogP contribution in [0, 0.1) is 0 Å². The molecular formula is C24H24S. The Balaban J connectivity index is 1.78. The Morgan fingerprint density at radius 3 is 2.08 bits per heavy atom. The molecule has 0 N–H and O–H groups in total. The summed E-state index contributed by atoms with van der Waals surface area (Å²) in [5.74, 6) is 0. The van der Waals surface area contributed by atoms with E-state index in [0.717, 1.165) is 6.42 Å². The molecule has 1 heteroatoms. The van der Waals surface area contributed by atoms with Gasteiger partial charge >= 0.3 is 0 Å². The number of fused-ring (bicyclic) bond motifs is 2. The van der Waals surface area contributed by atoms with Crippen molar-refractivity contribution in [2.45, 2.75) is 39.5 Å². The molecule has 0 atom stereocenters. The Bertz CT molecular complexity index is 1060. The monoisotopic (exact) mass is 344 g/mol. The van der Waals surface area contributed by atoms with E-state index in [1.54, 1.807) is 0 Å². The lowest BCUT2D eigenvalue weighted by Gasteiger charge is -2.19. The topological polar surface area (TPSA) is 0 Å². The molecule has 0 spiro atoms. The molecule has 25 heavy (non-hydrogen) atoms. The van der Waals surface area contributed by atoms with Gasteiger partial charge in [-0.25, -0.2) is 0 Å². The second-order valence-electron chi connectivity index (χ2n) is 7.85. The van der Waals surface area contributed by atoms with Crippen LogP contribution < -0.4 is 0 Å². The lowest BCUT2D eigenvalue weighted by molar-refractivity contribution is 0.591. The zero-order chi connectivity index (χ0) is 17.6. The average molecular weight is 345 g/mol. The van der Waals surface area contributed by atoms with Crippen LogP contribution in [0.2, 0.25) is 0 Å². The predicted octanol–water partition coefficient (Wildman–Crippen LogP) is 7.58. The fraction of sp³-hybridized carbons (Fsp3) is 0.250. The molecule has 126 valence electrons. The molecular weight excluding hydrogens is 320 g/mol. The van der Waals surface area contributed by atoms with Crippen LogP contribution >= 0.6 is 11.3 Å². The van der Waals surface area contributed by atoms with Crippen LogP contribution in [0.1, 0.15) is 38.1 Å². The molecule has 0 saturated heterocycles. The van der Waals surface area contributed by atoms with Crippen molar-refractivity contribution < 1.29 is 0 Å². The quantitative estimate of drug-likeness (QED) is 0.351. The molecule has 0 radical (unpaired) electrons. The van der Waals surface area contributed by atoms with Gasteiger partial charge in [0.05, 0.1) is 0 Å². The summed E-state index contributed by atoms with van der Waals surface area (Å²) in [6.07, 6.45) is 1.11. The summed E-state index contributed by atoms with van der Waals surface area (Å²) in [6, 6.07) is 22.8. The number of hydrogen-bond donors (Lipinski definition) is 0. The third-order valence-electron chi connectivity index (χ3n) is 4.96. The lowest BCUT2D eigenvalue weighted by atomic mass is 9.85. The maximum atomic E-state index is 2.34. The van der Waals surface area contributed by atoms with E-state index in [-0.39, 0.29) is 5.41 Å². The second kappa shape index (κ2) is 6.00. The van der Waals surface area contributed by atoms with Gasteiger partial charge in [-0.3, -0.25) is 0 Å². The van der Waals surface area contributed by atoms with E-state index in [9.17, 15) is 0 Å². The first kappa shape index (κ1) is 16.4. The van der Waals surface area contributed by atoms with Crippen LogP contribution in [0.25, 0.3) is 32.0 Å². The predicted molar refractivity (Wildman–Crippen MR) is 113 cm³/mol. The van der Waals surface area contributed by atoms with Crippen LogP contribution in [-0.4, -0.2) is 0 Å². The fourth-order valence-corrected chi connectivity index (χ4v) is 4.38. The van der Waals surface area contributed by atoms with Crippen LogP contribution in [0.5, 0.6) is 0 Å². The average Bonchev–Trinajstić information content (AvgIpc) is 3.02. The van der Waals surface area contributed by atoms with E-state index in [4.69, 9.17) is 0 Å². The van der Waals surface area contributed by atoms with Gasteiger partial charge in [-0.2, -0.15) is 0 Å². The molecule has 4 aromatic rings. The molecule has 0 saturated carbocycles. The van der Waals surface area contributed by atoms with Gasteiger partial charge in [-0.15, -0.1) is 11.3 Å². The van der Waals surface area contributed by atoms with Gasteiger partial charge in [0.2, 0.25) is 0 Å². The molecule has 0 fully saturated rings. The maximum absolute atomic E-state index is 2.34. The Morgan fingerprint density at radius 1 is 0.720 bits per heavy atom. The van der Waals surface area contributed by atoms with Crippen molar-refractivity contribution in [1.29, 1.82) is 0 Å². The molecule has 0 unspecified atom stereocenters. The highest BCUT2D eigenvalue weighted by molar-refractivity contribution is 7.19. The third kappa shape index (κ3) is 3.09. The van der Waals surface area contributed by atoms with Crippen LogP contribution in [0.15, 0.2) is 60.7 Å². The fourth-order valence-electron chi connectivity index (χ4n) is 3.33. The number of aryl methyl sites for hydroxylation is 1. The summed E-state index contributed by atoms with van der Waals surface area (Å²) in [4.78, 5) is 1.46. The molecule has 1 aromatic heterocycles. The van der Waals surface area contributed by atoms with Crippen molar-refractivity contribution in [1.82, 2.24) is 0 Å². The van der Waals surface area contributed by atoms with E-state index in [0.29, 0.717) is 0 Å². The number of rotatable bonds is 2. The molecule has 3 aromatic carbocycles. The molecule has 0 amide bonds. The molecule has 4 rings (SSSR count). The maximum Gasteiger partial charge on any atom is 0.0351 e. The molecule has 0 aliphatic rings. The molecule has 0 nitrogen and oxygen atoms in total. The van der Waals surface area contributed by atoms with Gasteiger partial charge in [-0.05, 0) is 62.9 Å². The van der Waals surface area contributed by atoms with Gasteiger partial charge in [0.15, 0.2) is 0 Å². The van der Waals surface area contributed by atoms with Gasteiger partial charge in [0.25, 0.3) is 0 Å². The second-order valence-corrected chi connectivity index (χ2v) is 9.01. The van der Waals surface area contributed by atoms with Gasteiger partial charge in [0.1, 0.15) is 0 Å². The summed E-state index contributed by atoms with van der Waals surface area (Å²) in [7, 11) is 0. The van der Waals surface area contributed by atoms with Gasteiger partial charge < -0.3 is 0 Å². The van der Waals surface area contributed by atoms with E-state index in [1.807, 2.05) is 11.3 Å². The standard InChI is InChI=1S/C24H24S/c1-5-22-14-20-9-8-19(15-23(20)25-22)16-6-7-18-13-21(24(2,3)4)11-10-17(18)12-16/h6-15H,5H2,1-4H3. The summed E-state index contributed by atoms with van der Waals surface area (Å²) in [5, 5.41) is 3.99. The number of thiophene rings is 1. The first-order valence-electron chi connectivity index (χ1n) is 9.01. The normalized spacial score (nSPS) is 12.2. The Kier molecular flexibility index (Phi) is 3.92. The van der Waals surface area contributed by atoms with Crippen molar-refractivity contribution in [2.75, 3.05) is 0 Å². The summed E-state index contributed by atoms with van der Waals surface area (Å²) in [6.45, 7) is 9.02. The first-order chi connectivity index (χ1) is 11.9. The van der Waals surface area contributed by atoms with Crippen molar-refractivity contribution in [2.24, 2.45) is 0 Å². The smallest absolute Gasteiger partial charge is 0.0351 e. The Morgan fingerprint density at radius 2 is 1.36 bits per heavy atom. The minimum atomic E-state index is 0.189. The molecule has 0 aliphatic carbocycles. The van der Waals surface area contributed by atoms with Crippen LogP contribution in [0.3, 0.4) is 0 Å². The molecule has 0 aliphatic heterocycles. The summed E-state index contributed by atoms with van der Waals surface area (Å²) >= 11 is 1.91. The third-order valence-corrected chi connectivity index (χ3v) is 6.20. The Hall–Kier alpha value is -2.12. The number of hydrogen-bond acceptors (Lipinski definition) is 1. The van der Waals surface area contributed by atoms with Gasteiger partial charge in [-0.1, -0.05) is 70.2 Å².